The number of carbonyl (C=O) groups is 1. The third kappa shape index (κ3) is 2.07. The molecular formula is C11H10N4O4. The first-order chi connectivity index (χ1) is 8.99. The number of hydrogen-bond acceptors (Lipinski definition) is 7. The molecule has 8 nitrogen and oxygen atoms in total. The van der Waals surface area contributed by atoms with Crippen LogP contribution in [0.3, 0.4) is 0 Å². The van der Waals surface area contributed by atoms with Crippen molar-refractivity contribution < 1.29 is 14.5 Å². The number of azo groups is 1. The molecule has 1 aromatic heterocycles. The fourth-order valence-corrected chi connectivity index (χ4v) is 1.74. The van der Waals surface area contributed by atoms with E-state index in [9.17, 15) is 14.9 Å². The molecule has 0 saturated heterocycles. The van der Waals surface area contributed by atoms with Crippen LogP contribution in [-0.2, 0) is 10.3 Å². The van der Waals surface area contributed by atoms with E-state index in [1.54, 1.807) is 0 Å². The lowest BCUT2D eigenvalue weighted by Gasteiger charge is -2.17. The summed E-state index contributed by atoms with van der Waals surface area (Å²) in [6.45, 7) is 1.54. The SMILES string of the molecule is COC(=O)c1cncc(C2(C)N=NC=C2[N+](=O)[O-])c1. The van der Waals surface area contributed by atoms with Crippen molar-refractivity contribution in [1.29, 1.82) is 0 Å². The maximum absolute atomic E-state index is 11.4. The maximum atomic E-state index is 11.4. The molecule has 1 aliphatic heterocycles. The number of methoxy groups -OCH3 is 1. The minimum absolute atomic E-state index is 0.170. The minimum Gasteiger partial charge on any atom is -0.465 e. The van der Waals surface area contributed by atoms with Gasteiger partial charge >= 0.3 is 5.97 Å². The van der Waals surface area contributed by atoms with Crippen LogP contribution in [0.25, 0.3) is 0 Å². The van der Waals surface area contributed by atoms with Crippen LogP contribution < -0.4 is 0 Å². The van der Waals surface area contributed by atoms with E-state index < -0.39 is 16.4 Å². The molecule has 8 heteroatoms. The van der Waals surface area contributed by atoms with Gasteiger partial charge in [-0.1, -0.05) is 0 Å². The fourth-order valence-electron chi connectivity index (χ4n) is 1.74. The van der Waals surface area contributed by atoms with Crippen LogP contribution in [0.2, 0.25) is 0 Å². The van der Waals surface area contributed by atoms with Gasteiger partial charge in [-0.25, -0.2) is 4.79 Å². The summed E-state index contributed by atoms with van der Waals surface area (Å²) < 4.78 is 4.58. The molecule has 0 fully saturated rings. The van der Waals surface area contributed by atoms with Gasteiger partial charge < -0.3 is 4.74 Å². The number of pyridine rings is 1. The zero-order valence-electron chi connectivity index (χ0n) is 10.2. The molecule has 1 aliphatic rings. The molecule has 2 rings (SSSR count). The van der Waals surface area contributed by atoms with Crippen molar-refractivity contribution in [2.24, 2.45) is 10.2 Å². The molecule has 1 aromatic rings. The molecule has 19 heavy (non-hydrogen) atoms. The normalized spacial score (nSPS) is 21.1. The quantitative estimate of drug-likeness (QED) is 0.467. The van der Waals surface area contributed by atoms with Crippen LogP contribution in [0, 0.1) is 10.1 Å². The number of ether oxygens (including phenoxy) is 1. The van der Waals surface area contributed by atoms with E-state index in [0.717, 1.165) is 6.20 Å². The van der Waals surface area contributed by atoms with Gasteiger partial charge in [0.25, 0.3) is 5.70 Å². The molecule has 98 valence electrons. The Kier molecular flexibility index (Phi) is 3.07. The van der Waals surface area contributed by atoms with Crippen molar-refractivity contribution in [3.8, 4) is 0 Å². The Hall–Kier alpha value is -2.64. The molecule has 0 saturated carbocycles. The molecule has 0 aliphatic carbocycles. The lowest BCUT2D eigenvalue weighted by Crippen LogP contribution is -2.25. The first-order valence-corrected chi connectivity index (χ1v) is 5.30. The van der Waals surface area contributed by atoms with Gasteiger partial charge in [0.1, 0.15) is 6.20 Å². The number of esters is 1. The topological polar surface area (TPSA) is 107 Å². The second kappa shape index (κ2) is 4.56. The van der Waals surface area contributed by atoms with Gasteiger partial charge in [0.2, 0.25) is 0 Å². The van der Waals surface area contributed by atoms with E-state index in [4.69, 9.17) is 0 Å². The Morgan fingerprint density at radius 1 is 1.47 bits per heavy atom. The van der Waals surface area contributed by atoms with Crippen molar-refractivity contribution in [2.75, 3.05) is 7.11 Å². The van der Waals surface area contributed by atoms with Crippen LogP contribution in [-0.4, -0.2) is 23.0 Å². The number of nitrogens with zero attached hydrogens (tertiary/aromatic N) is 4. The van der Waals surface area contributed by atoms with Crippen LogP contribution in [0.4, 0.5) is 0 Å². The number of carbonyl (C=O) groups excluding carboxylic acids is 1. The second-order valence-corrected chi connectivity index (χ2v) is 4.01. The van der Waals surface area contributed by atoms with Crippen molar-refractivity contribution in [3.63, 3.8) is 0 Å². The number of rotatable bonds is 3. The zero-order chi connectivity index (χ0) is 14.0. The lowest BCUT2D eigenvalue weighted by atomic mass is 9.91. The Bertz CT molecular complexity index is 610. The molecule has 1 atom stereocenters. The molecule has 0 aromatic carbocycles. The van der Waals surface area contributed by atoms with E-state index in [1.807, 2.05) is 0 Å². The van der Waals surface area contributed by atoms with Crippen LogP contribution in [0.1, 0.15) is 22.8 Å². The Morgan fingerprint density at radius 3 is 2.84 bits per heavy atom. The lowest BCUT2D eigenvalue weighted by molar-refractivity contribution is -0.434. The summed E-state index contributed by atoms with van der Waals surface area (Å²) in [5.41, 5.74) is -0.817. The first kappa shape index (κ1) is 12.8. The van der Waals surface area contributed by atoms with Gasteiger partial charge in [-0.3, -0.25) is 15.1 Å². The predicted molar refractivity (Wildman–Crippen MR) is 62.9 cm³/mol. The van der Waals surface area contributed by atoms with Crippen molar-refractivity contribution in [2.45, 2.75) is 12.5 Å². The summed E-state index contributed by atoms with van der Waals surface area (Å²) in [4.78, 5) is 25.7. The number of hydrogen-bond donors (Lipinski definition) is 0. The average Bonchev–Trinajstić information content (AvgIpc) is 2.81. The fraction of sp³-hybridized carbons (Fsp3) is 0.273. The molecule has 0 amide bonds. The highest BCUT2D eigenvalue weighted by Gasteiger charge is 2.44. The molecular weight excluding hydrogens is 252 g/mol. The third-order valence-corrected chi connectivity index (χ3v) is 2.85. The average molecular weight is 262 g/mol. The first-order valence-electron chi connectivity index (χ1n) is 5.30. The Labute approximate surface area is 108 Å². The van der Waals surface area contributed by atoms with E-state index in [2.05, 4.69) is 19.9 Å². The Morgan fingerprint density at radius 2 is 2.21 bits per heavy atom. The number of aromatic nitrogens is 1. The van der Waals surface area contributed by atoms with Crippen molar-refractivity contribution in [1.82, 2.24) is 4.98 Å². The standard InChI is InChI=1S/C11H10N4O4/c1-11(9(15(17)18)6-13-14-11)8-3-7(4-12-5-8)10(16)19-2/h3-6H,1-2H3. The largest absolute Gasteiger partial charge is 0.465 e. The highest BCUT2D eigenvalue weighted by atomic mass is 16.6. The minimum atomic E-state index is -1.25. The summed E-state index contributed by atoms with van der Waals surface area (Å²) in [7, 11) is 1.24. The summed E-state index contributed by atoms with van der Waals surface area (Å²) >= 11 is 0. The highest BCUT2D eigenvalue weighted by molar-refractivity contribution is 5.89. The van der Waals surface area contributed by atoms with E-state index in [1.165, 1.54) is 32.5 Å². The van der Waals surface area contributed by atoms with Crippen LogP contribution in [0.5, 0.6) is 0 Å². The van der Waals surface area contributed by atoms with Gasteiger partial charge in [0.15, 0.2) is 5.54 Å². The molecule has 0 radical (unpaired) electrons. The highest BCUT2D eigenvalue weighted by Crippen LogP contribution is 2.37. The van der Waals surface area contributed by atoms with E-state index in [0.29, 0.717) is 5.56 Å². The summed E-state index contributed by atoms with van der Waals surface area (Å²) in [6.07, 6.45) is 3.82. The summed E-state index contributed by atoms with van der Waals surface area (Å²) in [6, 6.07) is 1.46. The molecule has 1 unspecified atom stereocenters. The van der Waals surface area contributed by atoms with Crippen LogP contribution >= 0.6 is 0 Å². The summed E-state index contributed by atoms with van der Waals surface area (Å²) in [5.74, 6) is -0.570. The molecule has 0 spiro atoms. The monoisotopic (exact) mass is 262 g/mol. The molecule has 2 heterocycles. The maximum Gasteiger partial charge on any atom is 0.339 e. The van der Waals surface area contributed by atoms with E-state index in [-0.39, 0.29) is 11.3 Å². The predicted octanol–water partition coefficient (Wildman–Crippen LogP) is 1.67. The number of nitro groups is 1. The van der Waals surface area contributed by atoms with Gasteiger partial charge in [-0.05, 0) is 13.0 Å². The molecule has 0 N–H and O–H groups in total. The van der Waals surface area contributed by atoms with Gasteiger partial charge in [-0.15, -0.1) is 0 Å². The van der Waals surface area contributed by atoms with Gasteiger partial charge in [0, 0.05) is 18.0 Å². The molecule has 0 bridgehead atoms. The van der Waals surface area contributed by atoms with Gasteiger partial charge in [-0.2, -0.15) is 10.2 Å². The van der Waals surface area contributed by atoms with Crippen molar-refractivity contribution in [3.05, 3.63) is 51.6 Å². The van der Waals surface area contributed by atoms with Crippen molar-refractivity contribution >= 4 is 5.97 Å². The second-order valence-electron chi connectivity index (χ2n) is 4.01. The summed E-state index contributed by atoms with van der Waals surface area (Å²) in [5, 5.41) is 18.4. The van der Waals surface area contributed by atoms with Crippen LogP contribution in [0.15, 0.2) is 40.6 Å². The smallest absolute Gasteiger partial charge is 0.339 e. The van der Waals surface area contributed by atoms with Gasteiger partial charge in [0.05, 0.1) is 17.6 Å². The Balaban J connectivity index is 2.47. The zero-order valence-corrected chi connectivity index (χ0v) is 10.2. The third-order valence-electron chi connectivity index (χ3n) is 2.85. The van der Waals surface area contributed by atoms with E-state index >= 15 is 0 Å².